The first-order valence-corrected chi connectivity index (χ1v) is 7.48. The van der Waals surface area contributed by atoms with Crippen molar-refractivity contribution < 1.29 is 4.74 Å². The summed E-state index contributed by atoms with van der Waals surface area (Å²) in [6.07, 6.45) is 14.2. The Bertz CT molecular complexity index is 350. The van der Waals surface area contributed by atoms with Crippen molar-refractivity contribution in [2.24, 2.45) is 0 Å². The fourth-order valence-corrected chi connectivity index (χ4v) is 2.10. The highest BCUT2D eigenvalue weighted by Gasteiger charge is 2.05. The summed E-state index contributed by atoms with van der Waals surface area (Å²) in [6.45, 7) is 2.86. The standard InChI is InChI=1S/C18H26O/c1-3-5-6-7-8-12-15-18(4-2)19-16-17-13-10-9-11-14-17/h2,9-11,13-14,18H,3,5-8,12,15-16H2,1H3. The van der Waals surface area contributed by atoms with Gasteiger partial charge in [-0.2, -0.15) is 0 Å². The van der Waals surface area contributed by atoms with Gasteiger partial charge in [-0.05, 0) is 18.4 Å². The van der Waals surface area contributed by atoms with Crippen LogP contribution in [0.4, 0.5) is 0 Å². The van der Waals surface area contributed by atoms with Crippen LogP contribution in [0.1, 0.15) is 57.4 Å². The number of terminal acetylenes is 1. The van der Waals surface area contributed by atoms with Gasteiger partial charge < -0.3 is 4.74 Å². The molecular formula is C18H26O. The molecule has 0 aliphatic carbocycles. The first-order valence-electron chi connectivity index (χ1n) is 7.48. The zero-order chi connectivity index (χ0) is 13.8. The van der Waals surface area contributed by atoms with Gasteiger partial charge in [-0.15, -0.1) is 6.42 Å². The van der Waals surface area contributed by atoms with Gasteiger partial charge in [0.05, 0.1) is 6.61 Å². The maximum absolute atomic E-state index is 5.77. The van der Waals surface area contributed by atoms with Gasteiger partial charge in [0.25, 0.3) is 0 Å². The Morgan fingerprint density at radius 1 is 1.05 bits per heavy atom. The smallest absolute Gasteiger partial charge is 0.118 e. The average Bonchev–Trinajstić information content (AvgIpc) is 2.47. The highest BCUT2D eigenvalue weighted by atomic mass is 16.5. The van der Waals surface area contributed by atoms with Crippen LogP contribution in [0.3, 0.4) is 0 Å². The second-order valence-electron chi connectivity index (χ2n) is 5.01. The van der Waals surface area contributed by atoms with Crippen molar-refractivity contribution in [2.75, 3.05) is 0 Å². The molecule has 0 radical (unpaired) electrons. The molecule has 0 aromatic heterocycles. The number of ether oxygens (including phenoxy) is 1. The molecule has 0 aliphatic heterocycles. The van der Waals surface area contributed by atoms with Crippen LogP contribution in [0.15, 0.2) is 30.3 Å². The van der Waals surface area contributed by atoms with E-state index in [9.17, 15) is 0 Å². The van der Waals surface area contributed by atoms with E-state index in [0.717, 1.165) is 6.42 Å². The molecule has 1 aromatic carbocycles. The van der Waals surface area contributed by atoms with Crippen LogP contribution in [0.25, 0.3) is 0 Å². The summed E-state index contributed by atoms with van der Waals surface area (Å²) in [6, 6.07) is 10.2. The maximum atomic E-state index is 5.77. The Kier molecular flexibility index (Phi) is 8.85. The molecule has 0 amide bonds. The molecule has 0 fully saturated rings. The largest absolute Gasteiger partial charge is 0.361 e. The van der Waals surface area contributed by atoms with Crippen LogP contribution in [0, 0.1) is 12.3 Å². The predicted molar refractivity (Wildman–Crippen MR) is 81.8 cm³/mol. The second kappa shape index (κ2) is 10.6. The summed E-state index contributed by atoms with van der Waals surface area (Å²) in [5, 5.41) is 0. The van der Waals surface area contributed by atoms with E-state index >= 15 is 0 Å². The van der Waals surface area contributed by atoms with Crippen molar-refractivity contribution in [3.63, 3.8) is 0 Å². The summed E-state index contributed by atoms with van der Waals surface area (Å²) in [5.74, 6) is 2.75. The molecule has 0 bridgehead atoms. The molecule has 1 unspecified atom stereocenters. The van der Waals surface area contributed by atoms with Gasteiger partial charge >= 0.3 is 0 Å². The lowest BCUT2D eigenvalue weighted by molar-refractivity contribution is 0.0710. The van der Waals surface area contributed by atoms with Crippen LogP contribution in [0.5, 0.6) is 0 Å². The topological polar surface area (TPSA) is 9.23 Å². The SMILES string of the molecule is C#CC(CCCCCCCC)OCc1ccccc1. The highest BCUT2D eigenvalue weighted by molar-refractivity contribution is 5.13. The third-order valence-electron chi connectivity index (χ3n) is 3.30. The van der Waals surface area contributed by atoms with Crippen molar-refractivity contribution in [1.82, 2.24) is 0 Å². The van der Waals surface area contributed by atoms with Gasteiger partial charge in [-0.25, -0.2) is 0 Å². The Balaban J connectivity index is 2.11. The van der Waals surface area contributed by atoms with Gasteiger partial charge in [0, 0.05) is 0 Å². The van der Waals surface area contributed by atoms with Gasteiger partial charge in [0.2, 0.25) is 0 Å². The van der Waals surface area contributed by atoms with E-state index in [1.807, 2.05) is 18.2 Å². The van der Waals surface area contributed by atoms with E-state index in [1.165, 1.54) is 44.1 Å². The van der Waals surface area contributed by atoms with E-state index in [2.05, 4.69) is 25.0 Å². The second-order valence-corrected chi connectivity index (χ2v) is 5.01. The van der Waals surface area contributed by atoms with Gasteiger partial charge in [-0.3, -0.25) is 0 Å². The molecule has 0 N–H and O–H groups in total. The fraction of sp³-hybridized carbons (Fsp3) is 0.556. The van der Waals surface area contributed by atoms with Crippen LogP contribution in [-0.4, -0.2) is 6.10 Å². The molecule has 1 atom stereocenters. The lowest BCUT2D eigenvalue weighted by atomic mass is 10.1. The Labute approximate surface area is 118 Å². The fourth-order valence-electron chi connectivity index (χ4n) is 2.10. The molecule has 1 aromatic rings. The van der Waals surface area contributed by atoms with Crippen LogP contribution < -0.4 is 0 Å². The number of hydrogen-bond acceptors (Lipinski definition) is 1. The van der Waals surface area contributed by atoms with Crippen molar-refractivity contribution in [1.29, 1.82) is 0 Å². The molecule has 0 spiro atoms. The minimum Gasteiger partial charge on any atom is -0.361 e. The van der Waals surface area contributed by atoms with Crippen molar-refractivity contribution in [3.05, 3.63) is 35.9 Å². The third kappa shape index (κ3) is 7.70. The monoisotopic (exact) mass is 258 g/mol. The van der Waals surface area contributed by atoms with Crippen molar-refractivity contribution in [3.8, 4) is 12.3 Å². The Morgan fingerprint density at radius 2 is 1.74 bits per heavy atom. The zero-order valence-electron chi connectivity index (χ0n) is 12.1. The summed E-state index contributed by atoms with van der Waals surface area (Å²) in [7, 11) is 0. The quantitative estimate of drug-likeness (QED) is 0.426. The molecular weight excluding hydrogens is 232 g/mol. The summed E-state index contributed by atoms with van der Waals surface area (Å²) < 4.78 is 5.77. The van der Waals surface area contributed by atoms with Gasteiger partial charge in [0.15, 0.2) is 0 Å². The predicted octanol–water partition coefficient (Wildman–Crippen LogP) is 4.96. The number of rotatable bonds is 10. The molecule has 19 heavy (non-hydrogen) atoms. The van der Waals surface area contributed by atoms with Crippen LogP contribution in [-0.2, 0) is 11.3 Å². The summed E-state index contributed by atoms with van der Waals surface area (Å²) >= 11 is 0. The zero-order valence-corrected chi connectivity index (χ0v) is 12.1. The Morgan fingerprint density at radius 3 is 2.42 bits per heavy atom. The molecule has 0 aliphatic rings. The molecule has 0 heterocycles. The van der Waals surface area contributed by atoms with Gasteiger partial charge in [0.1, 0.15) is 6.10 Å². The highest BCUT2D eigenvalue weighted by Crippen LogP contribution is 2.11. The molecule has 1 nitrogen and oxygen atoms in total. The number of benzene rings is 1. The molecule has 1 rings (SSSR count). The van der Waals surface area contributed by atoms with Crippen molar-refractivity contribution in [2.45, 2.75) is 64.6 Å². The van der Waals surface area contributed by atoms with Crippen LogP contribution >= 0.6 is 0 Å². The minimum absolute atomic E-state index is 0.0358. The number of unbranched alkanes of at least 4 members (excludes halogenated alkanes) is 5. The lowest BCUT2D eigenvalue weighted by Gasteiger charge is -2.12. The Hall–Kier alpha value is -1.26. The van der Waals surface area contributed by atoms with E-state index in [1.54, 1.807) is 0 Å². The first kappa shape index (κ1) is 15.8. The normalized spacial score (nSPS) is 12.0. The average molecular weight is 258 g/mol. The van der Waals surface area contributed by atoms with E-state index in [4.69, 9.17) is 11.2 Å². The first-order chi connectivity index (χ1) is 9.36. The van der Waals surface area contributed by atoms with E-state index < -0.39 is 0 Å². The molecule has 0 saturated carbocycles. The summed E-state index contributed by atoms with van der Waals surface area (Å²) in [4.78, 5) is 0. The lowest BCUT2D eigenvalue weighted by Crippen LogP contribution is -2.10. The van der Waals surface area contributed by atoms with E-state index in [0.29, 0.717) is 6.61 Å². The van der Waals surface area contributed by atoms with E-state index in [-0.39, 0.29) is 6.10 Å². The van der Waals surface area contributed by atoms with Gasteiger partial charge in [-0.1, -0.05) is 75.3 Å². The third-order valence-corrected chi connectivity index (χ3v) is 3.30. The molecule has 0 saturated heterocycles. The molecule has 1 heteroatoms. The molecule has 104 valence electrons. The maximum Gasteiger partial charge on any atom is 0.118 e. The minimum atomic E-state index is -0.0358. The summed E-state index contributed by atoms with van der Waals surface area (Å²) in [5.41, 5.74) is 1.19. The van der Waals surface area contributed by atoms with Crippen molar-refractivity contribution >= 4 is 0 Å². The number of hydrogen-bond donors (Lipinski definition) is 0. The van der Waals surface area contributed by atoms with Crippen LogP contribution in [0.2, 0.25) is 0 Å².